The van der Waals surface area contributed by atoms with Crippen molar-refractivity contribution in [1.82, 2.24) is 0 Å². The maximum absolute atomic E-state index is 13.3. The number of fused-ring (bicyclic) bond motifs is 1. The molecule has 0 spiro atoms. The van der Waals surface area contributed by atoms with Crippen molar-refractivity contribution in [1.29, 1.82) is 0 Å². The summed E-state index contributed by atoms with van der Waals surface area (Å²) in [5.74, 6) is 0.178. The topological polar surface area (TPSA) is 41.6 Å². The quantitative estimate of drug-likeness (QED) is 0.786. The molecule has 1 heterocycles. The number of rotatable bonds is 3. The van der Waals surface area contributed by atoms with Gasteiger partial charge in [-0.3, -0.25) is 9.63 Å². The number of hydrogen-bond acceptors (Lipinski definition) is 3. The first-order valence-electron chi connectivity index (χ1n) is 9.75. The molecule has 0 bridgehead atoms. The maximum atomic E-state index is 13.3. The van der Waals surface area contributed by atoms with E-state index in [2.05, 4.69) is 18.3 Å². The van der Waals surface area contributed by atoms with Crippen LogP contribution in [0, 0.1) is 5.92 Å². The Morgan fingerprint density at radius 2 is 1.74 bits per heavy atom. The van der Waals surface area contributed by atoms with Gasteiger partial charge < -0.3 is 5.32 Å². The van der Waals surface area contributed by atoms with Crippen LogP contribution < -0.4 is 10.4 Å². The van der Waals surface area contributed by atoms with Crippen LogP contribution >= 0.6 is 0 Å². The van der Waals surface area contributed by atoms with Gasteiger partial charge in [0.05, 0.1) is 11.8 Å². The van der Waals surface area contributed by atoms with Crippen molar-refractivity contribution in [2.75, 3.05) is 10.4 Å². The summed E-state index contributed by atoms with van der Waals surface area (Å²) in [6.45, 7) is 2.18. The normalized spacial score (nSPS) is 27.1. The van der Waals surface area contributed by atoms with E-state index >= 15 is 0 Å². The number of para-hydroxylation sites is 2. The van der Waals surface area contributed by atoms with Crippen LogP contribution in [0.4, 0.5) is 11.4 Å². The molecule has 1 aliphatic carbocycles. The molecular weight excluding hydrogens is 336 g/mol. The molecule has 0 saturated carbocycles. The van der Waals surface area contributed by atoms with Crippen molar-refractivity contribution < 1.29 is 9.63 Å². The Morgan fingerprint density at radius 1 is 1.04 bits per heavy atom. The van der Waals surface area contributed by atoms with Crippen LogP contribution in [-0.4, -0.2) is 18.1 Å². The highest BCUT2D eigenvalue weighted by atomic mass is 16.7. The Labute approximate surface area is 160 Å². The number of allylic oxidation sites excluding steroid dienone is 2. The van der Waals surface area contributed by atoms with E-state index in [4.69, 9.17) is 4.84 Å². The Kier molecular flexibility index (Phi) is 5.26. The number of nitrogens with one attached hydrogen (secondary N) is 1. The van der Waals surface area contributed by atoms with Crippen LogP contribution in [0.5, 0.6) is 0 Å². The predicted octanol–water partition coefficient (Wildman–Crippen LogP) is 4.95. The lowest BCUT2D eigenvalue weighted by Crippen LogP contribution is -2.43. The van der Waals surface area contributed by atoms with Crippen molar-refractivity contribution in [2.24, 2.45) is 5.92 Å². The van der Waals surface area contributed by atoms with E-state index in [0.717, 1.165) is 37.1 Å². The van der Waals surface area contributed by atoms with Crippen LogP contribution in [0.3, 0.4) is 0 Å². The minimum absolute atomic E-state index is 0.000223. The average molecular weight is 362 g/mol. The highest BCUT2D eigenvalue weighted by Crippen LogP contribution is 2.39. The minimum Gasteiger partial charge on any atom is -0.324 e. The van der Waals surface area contributed by atoms with Gasteiger partial charge in [0.1, 0.15) is 6.04 Å². The fourth-order valence-electron chi connectivity index (χ4n) is 4.10. The van der Waals surface area contributed by atoms with Crippen LogP contribution in [-0.2, 0) is 9.63 Å². The van der Waals surface area contributed by atoms with Crippen LogP contribution in [0.1, 0.15) is 32.6 Å². The van der Waals surface area contributed by atoms with E-state index in [1.54, 1.807) is 0 Å². The molecule has 27 heavy (non-hydrogen) atoms. The number of amides is 1. The summed E-state index contributed by atoms with van der Waals surface area (Å²) in [5.41, 5.74) is 3.16. The van der Waals surface area contributed by atoms with Gasteiger partial charge in [0.25, 0.3) is 0 Å². The Morgan fingerprint density at radius 3 is 2.48 bits per heavy atom. The molecule has 3 unspecified atom stereocenters. The molecule has 3 atom stereocenters. The fraction of sp³-hybridized carbons (Fsp3) is 0.348. The van der Waals surface area contributed by atoms with Gasteiger partial charge in [-0.15, -0.1) is 0 Å². The number of benzene rings is 2. The monoisotopic (exact) mass is 362 g/mol. The molecule has 1 fully saturated rings. The molecule has 1 aliphatic heterocycles. The first-order chi connectivity index (χ1) is 13.2. The first-order valence-corrected chi connectivity index (χ1v) is 9.75. The molecule has 140 valence electrons. The van der Waals surface area contributed by atoms with E-state index in [1.165, 1.54) is 5.57 Å². The fourth-order valence-corrected chi connectivity index (χ4v) is 4.10. The van der Waals surface area contributed by atoms with Crippen molar-refractivity contribution in [3.63, 3.8) is 0 Å². The highest BCUT2D eigenvalue weighted by molar-refractivity contribution is 5.97. The maximum Gasteiger partial charge on any atom is 0.250 e. The molecule has 4 nitrogen and oxygen atoms in total. The van der Waals surface area contributed by atoms with Gasteiger partial charge in [0.15, 0.2) is 0 Å². The van der Waals surface area contributed by atoms with Gasteiger partial charge in [0, 0.05) is 11.6 Å². The number of hydroxylamine groups is 1. The molecule has 1 N–H and O–H groups in total. The predicted molar refractivity (Wildman–Crippen MR) is 108 cm³/mol. The molecule has 2 aromatic carbocycles. The Bertz CT molecular complexity index is 804. The largest absolute Gasteiger partial charge is 0.324 e. The van der Waals surface area contributed by atoms with Crippen molar-refractivity contribution in [3.8, 4) is 0 Å². The lowest BCUT2D eigenvalue weighted by molar-refractivity contribution is -0.118. The molecule has 0 radical (unpaired) electrons. The minimum atomic E-state index is -0.330. The highest BCUT2D eigenvalue weighted by Gasteiger charge is 2.47. The third-order valence-electron chi connectivity index (χ3n) is 5.52. The Hall–Kier alpha value is -2.59. The molecule has 1 saturated heterocycles. The summed E-state index contributed by atoms with van der Waals surface area (Å²) in [6.07, 6.45) is 6.30. The van der Waals surface area contributed by atoms with E-state index in [0.29, 0.717) is 0 Å². The summed E-state index contributed by atoms with van der Waals surface area (Å²) < 4.78 is 0. The molecular formula is C23H26N2O2. The van der Waals surface area contributed by atoms with Crippen molar-refractivity contribution >= 4 is 17.3 Å². The van der Waals surface area contributed by atoms with Gasteiger partial charge >= 0.3 is 0 Å². The smallest absolute Gasteiger partial charge is 0.250 e. The average Bonchev–Trinajstić information content (AvgIpc) is 3.04. The number of nitrogens with zero attached hydrogens (tertiary/aromatic N) is 1. The van der Waals surface area contributed by atoms with E-state index in [-0.39, 0.29) is 24.0 Å². The second kappa shape index (κ2) is 7.97. The standard InChI is InChI=1S/C23H26N2O2/c1-17-9-8-14-21-20(16-15-17)22(23(26)24-18-10-4-2-5-11-18)25(27-21)19-12-6-3-7-13-19/h2-7,9-13,20-22H,8,14-16H2,1H3,(H,24,26)/b17-9-. The molecule has 4 rings (SSSR count). The first kappa shape index (κ1) is 17.8. The van der Waals surface area contributed by atoms with Crippen molar-refractivity contribution in [2.45, 2.75) is 44.8 Å². The number of anilines is 2. The third-order valence-corrected chi connectivity index (χ3v) is 5.52. The third kappa shape index (κ3) is 3.91. The summed E-state index contributed by atoms with van der Waals surface area (Å²) in [6, 6.07) is 19.3. The van der Waals surface area contributed by atoms with Gasteiger partial charge in [-0.05, 0) is 56.9 Å². The van der Waals surface area contributed by atoms with Crippen LogP contribution in [0.2, 0.25) is 0 Å². The molecule has 2 aliphatic rings. The lowest BCUT2D eigenvalue weighted by atomic mass is 9.84. The summed E-state index contributed by atoms with van der Waals surface area (Å²) in [5, 5.41) is 4.93. The molecule has 4 heteroatoms. The van der Waals surface area contributed by atoms with Gasteiger partial charge in [-0.25, -0.2) is 5.06 Å². The molecule has 0 aromatic heterocycles. The number of carbonyl (C=O) groups excluding carboxylic acids is 1. The zero-order valence-electron chi connectivity index (χ0n) is 15.7. The van der Waals surface area contributed by atoms with Gasteiger partial charge in [-0.2, -0.15) is 0 Å². The van der Waals surface area contributed by atoms with Crippen LogP contribution in [0.15, 0.2) is 72.3 Å². The van der Waals surface area contributed by atoms with Gasteiger partial charge in [0.2, 0.25) is 5.91 Å². The van der Waals surface area contributed by atoms with E-state index < -0.39 is 0 Å². The van der Waals surface area contributed by atoms with Crippen LogP contribution in [0.25, 0.3) is 0 Å². The van der Waals surface area contributed by atoms with E-state index in [9.17, 15) is 4.79 Å². The van der Waals surface area contributed by atoms with Gasteiger partial charge in [-0.1, -0.05) is 48.0 Å². The lowest BCUT2D eigenvalue weighted by Gasteiger charge is -2.26. The molecule has 2 aromatic rings. The van der Waals surface area contributed by atoms with E-state index in [1.807, 2.05) is 65.7 Å². The second-order valence-corrected chi connectivity index (χ2v) is 7.44. The summed E-state index contributed by atoms with van der Waals surface area (Å²) in [4.78, 5) is 19.6. The Balaban J connectivity index is 1.63. The zero-order chi connectivity index (χ0) is 18.6. The number of carbonyl (C=O) groups is 1. The number of hydrogen-bond donors (Lipinski definition) is 1. The molecule has 1 amide bonds. The summed E-state index contributed by atoms with van der Waals surface area (Å²) >= 11 is 0. The van der Waals surface area contributed by atoms with Crippen molar-refractivity contribution in [3.05, 3.63) is 72.3 Å². The second-order valence-electron chi connectivity index (χ2n) is 7.44. The summed E-state index contributed by atoms with van der Waals surface area (Å²) in [7, 11) is 0. The zero-order valence-corrected chi connectivity index (χ0v) is 15.7. The SMILES string of the molecule is C/C1=C/CCC2ON(c3ccccc3)C(C(=O)Nc3ccccc3)C2CC1.